The van der Waals surface area contributed by atoms with Crippen molar-refractivity contribution >= 4 is 28.8 Å². The smallest absolute Gasteiger partial charge is 0.264 e. The van der Waals surface area contributed by atoms with Gasteiger partial charge in [-0.1, -0.05) is 88.0 Å². The Balaban J connectivity index is 2.51. The lowest BCUT2D eigenvalue weighted by Crippen LogP contribution is -2.67. The van der Waals surface area contributed by atoms with Crippen LogP contribution in [-0.2, 0) is 18.7 Å². The van der Waals surface area contributed by atoms with Crippen LogP contribution < -0.4 is 10.4 Å². The maximum absolute atomic E-state index is 11.4. The summed E-state index contributed by atoms with van der Waals surface area (Å²) in [6.07, 6.45) is 0.668. The Labute approximate surface area is 170 Å². The molecule has 0 fully saturated rings. The second-order valence-electron chi connectivity index (χ2n) is 8.05. The fourth-order valence-corrected chi connectivity index (χ4v) is 8.42. The molecule has 2 aromatic rings. The first-order valence-electron chi connectivity index (χ1n) is 9.28. The molecule has 2 aromatic carbocycles. The van der Waals surface area contributed by atoms with Gasteiger partial charge in [-0.25, -0.2) is 0 Å². The van der Waals surface area contributed by atoms with Crippen molar-refractivity contribution in [1.82, 2.24) is 0 Å². The molecular formula is C22H30O4SSi. The Morgan fingerprint density at radius 1 is 1.00 bits per heavy atom. The van der Waals surface area contributed by atoms with Gasteiger partial charge in [-0.05, 0) is 27.9 Å². The van der Waals surface area contributed by atoms with Crippen molar-refractivity contribution < 1.29 is 17.0 Å². The van der Waals surface area contributed by atoms with E-state index in [4.69, 9.17) is 8.61 Å². The molecule has 28 heavy (non-hydrogen) atoms. The van der Waals surface area contributed by atoms with Gasteiger partial charge in [-0.3, -0.25) is 4.18 Å². The zero-order valence-corrected chi connectivity index (χ0v) is 19.1. The van der Waals surface area contributed by atoms with Gasteiger partial charge in [-0.2, -0.15) is 8.42 Å². The second-order valence-corrected chi connectivity index (χ2v) is 13.9. The van der Waals surface area contributed by atoms with Crippen molar-refractivity contribution in [3.05, 3.63) is 72.8 Å². The van der Waals surface area contributed by atoms with E-state index in [1.54, 1.807) is 0 Å². The topological polar surface area (TPSA) is 52.6 Å². The Kier molecular flexibility index (Phi) is 7.04. The predicted molar refractivity (Wildman–Crippen MR) is 118 cm³/mol. The highest BCUT2D eigenvalue weighted by molar-refractivity contribution is 7.86. The molecule has 0 saturated heterocycles. The molecule has 1 unspecified atom stereocenters. The van der Waals surface area contributed by atoms with E-state index in [1.165, 1.54) is 0 Å². The number of hydrogen-bond acceptors (Lipinski definition) is 4. The van der Waals surface area contributed by atoms with Gasteiger partial charge in [0.05, 0.1) is 19.0 Å². The summed E-state index contributed by atoms with van der Waals surface area (Å²) in [5.41, 5.74) is 0.596. The van der Waals surface area contributed by atoms with Gasteiger partial charge in [0, 0.05) is 0 Å². The van der Waals surface area contributed by atoms with E-state index < -0.39 is 18.4 Å². The first kappa shape index (κ1) is 22.6. The van der Waals surface area contributed by atoms with Crippen LogP contribution in [0.1, 0.15) is 27.7 Å². The number of benzene rings is 2. The van der Waals surface area contributed by atoms with Crippen LogP contribution in [0.25, 0.3) is 0 Å². The van der Waals surface area contributed by atoms with Gasteiger partial charge in [-0.15, -0.1) is 0 Å². The Hall–Kier alpha value is -1.73. The monoisotopic (exact) mass is 418 g/mol. The van der Waals surface area contributed by atoms with Crippen LogP contribution in [0.2, 0.25) is 5.04 Å². The normalized spacial score (nSPS) is 13.9. The average molecular weight is 419 g/mol. The molecule has 0 amide bonds. The van der Waals surface area contributed by atoms with Crippen LogP contribution in [0.15, 0.2) is 72.8 Å². The van der Waals surface area contributed by atoms with Crippen LogP contribution in [0.4, 0.5) is 0 Å². The third-order valence-corrected chi connectivity index (χ3v) is 10.5. The molecule has 0 aliphatic rings. The second kappa shape index (κ2) is 8.74. The standard InChI is InChI=1S/C22H30O4SSi/c1-18(17-25-27(6,23)24)19(2)26-28(22(3,4)5,20-13-9-7-10-14-20)21-15-11-8-12-16-21/h7-16,19H,1,17H2,2-6H3. The van der Waals surface area contributed by atoms with Crippen LogP contribution in [0.3, 0.4) is 0 Å². The van der Waals surface area contributed by atoms with E-state index in [0.717, 1.165) is 16.6 Å². The van der Waals surface area contributed by atoms with Gasteiger partial charge in [0.1, 0.15) is 0 Å². The summed E-state index contributed by atoms with van der Waals surface area (Å²) in [6.45, 7) is 12.4. The molecule has 152 valence electrons. The number of rotatable bonds is 8. The lowest BCUT2D eigenvalue weighted by Gasteiger charge is -2.45. The van der Waals surface area contributed by atoms with Gasteiger partial charge < -0.3 is 4.43 Å². The van der Waals surface area contributed by atoms with E-state index in [1.807, 2.05) is 43.3 Å². The minimum absolute atomic E-state index is 0.0851. The zero-order chi connectivity index (χ0) is 21.0. The third kappa shape index (κ3) is 5.20. The van der Waals surface area contributed by atoms with Crippen LogP contribution in [0.5, 0.6) is 0 Å². The molecule has 0 aliphatic carbocycles. The summed E-state index contributed by atoms with van der Waals surface area (Å²) < 4.78 is 34.5. The Morgan fingerprint density at radius 2 is 1.43 bits per heavy atom. The van der Waals surface area contributed by atoms with E-state index in [2.05, 4.69) is 51.6 Å². The van der Waals surface area contributed by atoms with Crippen molar-refractivity contribution in [3.8, 4) is 0 Å². The zero-order valence-electron chi connectivity index (χ0n) is 17.3. The molecule has 0 spiro atoms. The van der Waals surface area contributed by atoms with Crippen LogP contribution in [-0.4, -0.2) is 35.7 Å². The SMILES string of the molecule is C=C(COS(C)(=O)=O)C(C)O[Si](c1ccccc1)(c1ccccc1)C(C)(C)C. The van der Waals surface area contributed by atoms with Crippen molar-refractivity contribution in [1.29, 1.82) is 0 Å². The molecule has 0 aliphatic heterocycles. The van der Waals surface area contributed by atoms with E-state index >= 15 is 0 Å². The summed E-state index contributed by atoms with van der Waals surface area (Å²) in [5.74, 6) is 0. The highest BCUT2D eigenvalue weighted by Gasteiger charge is 2.51. The molecule has 0 saturated carbocycles. The maximum atomic E-state index is 11.4. The quantitative estimate of drug-likeness (QED) is 0.374. The van der Waals surface area contributed by atoms with Crippen molar-refractivity contribution in [2.45, 2.75) is 38.8 Å². The van der Waals surface area contributed by atoms with Gasteiger partial charge in [0.15, 0.2) is 0 Å². The van der Waals surface area contributed by atoms with E-state index in [0.29, 0.717) is 5.57 Å². The fraction of sp³-hybridized carbons (Fsp3) is 0.364. The Bertz CT molecular complexity index is 848. The minimum atomic E-state index is -3.53. The predicted octanol–water partition coefficient (Wildman–Crippen LogP) is 3.48. The average Bonchev–Trinajstić information content (AvgIpc) is 2.63. The van der Waals surface area contributed by atoms with Gasteiger partial charge in [0.25, 0.3) is 18.4 Å². The lowest BCUT2D eigenvalue weighted by atomic mass is 10.2. The molecule has 0 aromatic heterocycles. The molecular weight excluding hydrogens is 388 g/mol. The lowest BCUT2D eigenvalue weighted by molar-refractivity contribution is 0.221. The molecule has 0 bridgehead atoms. The minimum Gasteiger partial charge on any atom is -0.401 e. The van der Waals surface area contributed by atoms with Crippen LogP contribution >= 0.6 is 0 Å². The molecule has 0 radical (unpaired) electrons. The largest absolute Gasteiger partial charge is 0.401 e. The summed E-state index contributed by atoms with van der Waals surface area (Å²) in [4.78, 5) is 0. The van der Waals surface area contributed by atoms with Gasteiger partial charge >= 0.3 is 0 Å². The maximum Gasteiger partial charge on any atom is 0.264 e. The fourth-order valence-electron chi connectivity index (χ4n) is 3.34. The summed E-state index contributed by atoms with van der Waals surface area (Å²) >= 11 is 0. The molecule has 0 heterocycles. The molecule has 0 N–H and O–H groups in total. The van der Waals surface area contributed by atoms with Crippen LogP contribution in [0, 0.1) is 0 Å². The highest BCUT2D eigenvalue weighted by Crippen LogP contribution is 2.38. The molecule has 6 heteroatoms. The third-order valence-electron chi connectivity index (χ3n) is 4.80. The number of hydrogen-bond donors (Lipinski definition) is 0. The van der Waals surface area contributed by atoms with E-state index in [-0.39, 0.29) is 17.7 Å². The molecule has 4 nitrogen and oxygen atoms in total. The van der Waals surface area contributed by atoms with Crippen molar-refractivity contribution in [2.24, 2.45) is 0 Å². The highest BCUT2D eigenvalue weighted by atomic mass is 32.2. The Morgan fingerprint density at radius 3 is 1.79 bits per heavy atom. The first-order valence-corrected chi connectivity index (χ1v) is 13.0. The van der Waals surface area contributed by atoms with E-state index in [9.17, 15) is 8.42 Å². The molecule has 2 rings (SSSR count). The summed E-state index contributed by atoms with van der Waals surface area (Å²) in [5, 5.41) is 2.16. The van der Waals surface area contributed by atoms with Gasteiger partial charge in [0.2, 0.25) is 0 Å². The summed E-state index contributed by atoms with van der Waals surface area (Å²) in [6, 6.07) is 20.6. The van der Waals surface area contributed by atoms with Crippen molar-refractivity contribution in [2.75, 3.05) is 12.9 Å². The van der Waals surface area contributed by atoms with Crippen molar-refractivity contribution in [3.63, 3.8) is 0 Å². The molecule has 1 atom stereocenters. The first-order chi connectivity index (χ1) is 13.0. The summed E-state index contributed by atoms with van der Waals surface area (Å²) in [7, 11) is -6.25.